The number of aliphatic hydroxyl groups excluding tert-OH is 1. The number of aliphatic hydroxyl groups is 1. The van der Waals surface area contributed by atoms with Crippen LogP contribution in [0.2, 0.25) is 0 Å². The third kappa shape index (κ3) is 3.86. The molecule has 2 heteroatoms. The van der Waals surface area contributed by atoms with E-state index in [1.165, 1.54) is 5.56 Å². The van der Waals surface area contributed by atoms with Gasteiger partial charge in [0.15, 0.2) is 0 Å². The Morgan fingerprint density at radius 1 is 1.25 bits per heavy atom. The van der Waals surface area contributed by atoms with Crippen LogP contribution in [-0.4, -0.2) is 18.8 Å². The summed E-state index contributed by atoms with van der Waals surface area (Å²) in [6, 6.07) is 8.03. The van der Waals surface area contributed by atoms with E-state index < -0.39 is 0 Å². The van der Waals surface area contributed by atoms with Crippen LogP contribution in [0.5, 0.6) is 5.75 Å². The van der Waals surface area contributed by atoms with E-state index in [0.29, 0.717) is 11.8 Å². The van der Waals surface area contributed by atoms with Crippen LogP contribution in [0.4, 0.5) is 0 Å². The van der Waals surface area contributed by atoms with Crippen LogP contribution in [0.15, 0.2) is 24.3 Å². The first kappa shape index (κ1) is 13.0. The van der Waals surface area contributed by atoms with Gasteiger partial charge in [-0.1, -0.05) is 32.0 Å². The number of hydrogen-bond acceptors (Lipinski definition) is 2. The predicted octanol–water partition coefficient (Wildman–Crippen LogP) is 2.89. The minimum Gasteiger partial charge on any atom is -0.496 e. The van der Waals surface area contributed by atoms with Gasteiger partial charge in [-0.25, -0.2) is 0 Å². The molecule has 0 bridgehead atoms. The van der Waals surface area contributed by atoms with Crippen molar-refractivity contribution in [1.82, 2.24) is 0 Å². The summed E-state index contributed by atoms with van der Waals surface area (Å²) >= 11 is 0. The monoisotopic (exact) mass is 222 g/mol. The van der Waals surface area contributed by atoms with E-state index >= 15 is 0 Å². The first-order valence-electron chi connectivity index (χ1n) is 5.90. The van der Waals surface area contributed by atoms with Crippen LogP contribution in [0, 0.1) is 11.8 Å². The number of hydrogen-bond donors (Lipinski definition) is 1. The van der Waals surface area contributed by atoms with E-state index in [2.05, 4.69) is 19.9 Å². The van der Waals surface area contributed by atoms with Gasteiger partial charge in [0, 0.05) is 6.61 Å². The summed E-state index contributed by atoms with van der Waals surface area (Å²) in [6.07, 6.45) is 1.94. The minimum atomic E-state index is 0.246. The lowest BCUT2D eigenvalue weighted by molar-refractivity contribution is 0.204. The maximum absolute atomic E-state index is 9.36. The number of rotatable bonds is 6. The Balaban J connectivity index is 2.69. The normalized spacial score (nSPS) is 12.8. The van der Waals surface area contributed by atoms with Gasteiger partial charge in [0.1, 0.15) is 5.75 Å². The summed E-state index contributed by atoms with van der Waals surface area (Å²) in [6.45, 7) is 4.62. The Bertz CT molecular complexity index is 307. The lowest BCUT2D eigenvalue weighted by Crippen LogP contribution is -2.13. The van der Waals surface area contributed by atoms with Crippen LogP contribution in [-0.2, 0) is 6.42 Å². The van der Waals surface area contributed by atoms with E-state index in [1.54, 1.807) is 7.11 Å². The van der Waals surface area contributed by atoms with Gasteiger partial charge in [0.25, 0.3) is 0 Å². The van der Waals surface area contributed by atoms with Crippen LogP contribution in [0.3, 0.4) is 0 Å². The van der Waals surface area contributed by atoms with Gasteiger partial charge in [-0.3, -0.25) is 0 Å². The second-order valence-corrected chi connectivity index (χ2v) is 4.69. The maximum atomic E-state index is 9.36. The number of ether oxygens (including phenoxy) is 1. The average Bonchev–Trinajstić information content (AvgIpc) is 2.28. The van der Waals surface area contributed by atoms with E-state index in [4.69, 9.17) is 4.74 Å². The van der Waals surface area contributed by atoms with Gasteiger partial charge < -0.3 is 9.84 Å². The first-order valence-corrected chi connectivity index (χ1v) is 5.90. The zero-order valence-corrected chi connectivity index (χ0v) is 10.4. The molecule has 0 heterocycles. The number of para-hydroxylation sites is 1. The molecule has 0 fully saturated rings. The third-order valence-corrected chi connectivity index (χ3v) is 2.76. The van der Waals surface area contributed by atoms with Gasteiger partial charge in [-0.2, -0.15) is 0 Å². The van der Waals surface area contributed by atoms with E-state index in [0.717, 1.165) is 18.6 Å². The molecule has 1 aromatic carbocycles. The molecule has 0 radical (unpaired) electrons. The highest BCUT2D eigenvalue weighted by atomic mass is 16.5. The van der Waals surface area contributed by atoms with Crippen LogP contribution in [0.1, 0.15) is 25.8 Å². The number of methoxy groups -OCH3 is 1. The highest BCUT2D eigenvalue weighted by molar-refractivity contribution is 5.33. The van der Waals surface area contributed by atoms with Crippen molar-refractivity contribution in [1.29, 1.82) is 0 Å². The molecule has 0 saturated carbocycles. The van der Waals surface area contributed by atoms with Gasteiger partial charge in [-0.15, -0.1) is 0 Å². The fourth-order valence-corrected chi connectivity index (χ4v) is 2.07. The molecule has 2 nitrogen and oxygen atoms in total. The second kappa shape index (κ2) is 6.54. The van der Waals surface area contributed by atoms with E-state index in [1.807, 2.05) is 18.2 Å². The Kier molecular flexibility index (Phi) is 5.33. The fourth-order valence-electron chi connectivity index (χ4n) is 2.07. The molecule has 1 atom stereocenters. The third-order valence-electron chi connectivity index (χ3n) is 2.76. The van der Waals surface area contributed by atoms with Gasteiger partial charge >= 0.3 is 0 Å². The Morgan fingerprint density at radius 2 is 1.94 bits per heavy atom. The molecule has 0 spiro atoms. The zero-order valence-electron chi connectivity index (χ0n) is 10.4. The van der Waals surface area contributed by atoms with E-state index in [9.17, 15) is 5.11 Å². The maximum Gasteiger partial charge on any atom is 0.122 e. The summed E-state index contributed by atoms with van der Waals surface area (Å²) < 4.78 is 5.31. The summed E-state index contributed by atoms with van der Waals surface area (Å²) in [5.74, 6) is 1.87. The largest absolute Gasteiger partial charge is 0.496 e. The standard InChI is InChI=1S/C14H22O2/c1-11(2)8-12(10-15)9-13-6-4-5-7-14(13)16-3/h4-7,11-12,15H,8-10H2,1-3H3. The minimum absolute atomic E-state index is 0.246. The van der Waals surface area contributed by atoms with Gasteiger partial charge in [-0.05, 0) is 36.3 Å². The molecule has 1 aromatic rings. The zero-order chi connectivity index (χ0) is 12.0. The molecule has 16 heavy (non-hydrogen) atoms. The molecule has 0 saturated heterocycles. The predicted molar refractivity (Wildman–Crippen MR) is 66.7 cm³/mol. The van der Waals surface area contributed by atoms with Gasteiger partial charge in [0.2, 0.25) is 0 Å². The van der Waals surface area contributed by atoms with E-state index in [-0.39, 0.29) is 6.61 Å². The molecule has 0 aromatic heterocycles. The quantitative estimate of drug-likeness (QED) is 0.802. The molecule has 90 valence electrons. The summed E-state index contributed by atoms with van der Waals surface area (Å²) in [4.78, 5) is 0. The van der Waals surface area contributed by atoms with Gasteiger partial charge in [0.05, 0.1) is 7.11 Å². The highest BCUT2D eigenvalue weighted by Gasteiger charge is 2.13. The molecular formula is C14H22O2. The van der Waals surface area contributed by atoms with Crippen molar-refractivity contribution in [2.75, 3.05) is 13.7 Å². The summed E-state index contributed by atoms with van der Waals surface area (Å²) in [7, 11) is 1.69. The van der Waals surface area contributed by atoms with Crippen molar-refractivity contribution in [3.05, 3.63) is 29.8 Å². The van der Waals surface area contributed by atoms with Crippen LogP contribution < -0.4 is 4.74 Å². The molecule has 0 amide bonds. The highest BCUT2D eigenvalue weighted by Crippen LogP contribution is 2.23. The second-order valence-electron chi connectivity index (χ2n) is 4.69. The average molecular weight is 222 g/mol. The fraction of sp³-hybridized carbons (Fsp3) is 0.571. The molecule has 0 aliphatic carbocycles. The lowest BCUT2D eigenvalue weighted by Gasteiger charge is -2.17. The number of benzene rings is 1. The van der Waals surface area contributed by atoms with Crippen molar-refractivity contribution in [2.45, 2.75) is 26.7 Å². The van der Waals surface area contributed by atoms with Crippen LogP contribution in [0.25, 0.3) is 0 Å². The molecule has 1 unspecified atom stereocenters. The molecule has 1 N–H and O–H groups in total. The Labute approximate surface area is 98.3 Å². The van der Waals surface area contributed by atoms with Crippen molar-refractivity contribution in [3.8, 4) is 5.75 Å². The molecular weight excluding hydrogens is 200 g/mol. The van der Waals surface area contributed by atoms with Crippen molar-refractivity contribution in [2.24, 2.45) is 11.8 Å². The first-order chi connectivity index (χ1) is 7.67. The van der Waals surface area contributed by atoms with Crippen molar-refractivity contribution < 1.29 is 9.84 Å². The summed E-state index contributed by atoms with van der Waals surface area (Å²) in [5.41, 5.74) is 1.18. The molecule has 0 aliphatic rings. The Hall–Kier alpha value is -1.02. The lowest BCUT2D eigenvalue weighted by atomic mass is 9.91. The summed E-state index contributed by atoms with van der Waals surface area (Å²) in [5, 5.41) is 9.36. The molecule has 0 aliphatic heterocycles. The SMILES string of the molecule is COc1ccccc1CC(CO)CC(C)C. The van der Waals surface area contributed by atoms with Crippen LogP contribution >= 0.6 is 0 Å². The van der Waals surface area contributed by atoms with Crippen molar-refractivity contribution in [3.63, 3.8) is 0 Å². The smallest absolute Gasteiger partial charge is 0.122 e. The molecule has 1 rings (SSSR count). The topological polar surface area (TPSA) is 29.5 Å². The van der Waals surface area contributed by atoms with Crippen molar-refractivity contribution >= 4 is 0 Å². The Morgan fingerprint density at radius 3 is 2.50 bits per heavy atom.